The van der Waals surface area contributed by atoms with E-state index in [1.807, 2.05) is 48.5 Å². The molecule has 0 aliphatic heterocycles. The summed E-state index contributed by atoms with van der Waals surface area (Å²) >= 11 is 19.1. The first-order valence-corrected chi connectivity index (χ1v) is 10.2. The SMILES string of the molecule is Clc1ccc(COc2ccc(CNc3ccc(Br)cc3)cc2Br)c(Cl)c1. The Labute approximate surface area is 179 Å². The zero-order chi connectivity index (χ0) is 18.5. The molecule has 0 fully saturated rings. The van der Waals surface area contributed by atoms with Crippen molar-refractivity contribution in [2.45, 2.75) is 13.2 Å². The van der Waals surface area contributed by atoms with Gasteiger partial charge in [0.05, 0.1) is 4.47 Å². The second kappa shape index (κ2) is 9.14. The van der Waals surface area contributed by atoms with Crippen molar-refractivity contribution in [1.82, 2.24) is 0 Å². The second-order valence-corrected chi connectivity index (χ2v) is 8.26. The molecule has 0 aromatic heterocycles. The first kappa shape index (κ1) is 19.6. The fraction of sp³-hybridized carbons (Fsp3) is 0.100. The first-order valence-electron chi connectivity index (χ1n) is 7.86. The Kier molecular flexibility index (Phi) is 6.87. The van der Waals surface area contributed by atoms with Gasteiger partial charge in [-0.2, -0.15) is 0 Å². The molecule has 0 unspecified atom stereocenters. The van der Waals surface area contributed by atoms with E-state index in [4.69, 9.17) is 27.9 Å². The minimum atomic E-state index is 0.380. The van der Waals surface area contributed by atoms with Crippen LogP contribution >= 0.6 is 55.1 Å². The molecule has 26 heavy (non-hydrogen) atoms. The van der Waals surface area contributed by atoms with Gasteiger partial charge in [0.1, 0.15) is 12.4 Å². The lowest BCUT2D eigenvalue weighted by atomic mass is 10.2. The summed E-state index contributed by atoms with van der Waals surface area (Å²) in [5, 5.41) is 4.61. The molecule has 3 rings (SSSR count). The fourth-order valence-corrected chi connectivity index (χ4v) is 3.61. The van der Waals surface area contributed by atoms with E-state index >= 15 is 0 Å². The zero-order valence-electron chi connectivity index (χ0n) is 13.6. The minimum absolute atomic E-state index is 0.380. The number of anilines is 1. The third-order valence-corrected chi connectivity index (χ3v) is 5.47. The van der Waals surface area contributed by atoms with E-state index in [1.165, 1.54) is 0 Å². The highest BCUT2D eigenvalue weighted by atomic mass is 79.9. The van der Waals surface area contributed by atoms with Gasteiger partial charge in [0.25, 0.3) is 0 Å². The lowest BCUT2D eigenvalue weighted by Gasteiger charge is -2.12. The summed E-state index contributed by atoms with van der Waals surface area (Å²) in [7, 11) is 0. The summed E-state index contributed by atoms with van der Waals surface area (Å²) in [5.74, 6) is 0.767. The highest BCUT2D eigenvalue weighted by molar-refractivity contribution is 9.10. The molecule has 0 aliphatic carbocycles. The van der Waals surface area contributed by atoms with Crippen molar-refractivity contribution >= 4 is 60.7 Å². The maximum atomic E-state index is 6.18. The molecule has 0 radical (unpaired) electrons. The van der Waals surface area contributed by atoms with Crippen LogP contribution in [-0.4, -0.2) is 0 Å². The molecule has 3 aromatic rings. The molecule has 0 saturated heterocycles. The van der Waals surface area contributed by atoms with Crippen LogP contribution in [0.1, 0.15) is 11.1 Å². The van der Waals surface area contributed by atoms with Crippen LogP contribution in [0.15, 0.2) is 69.6 Å². The third-order valence-electron chi connectivity index (χ3n) is 3.74. The minimum Gasteiger partial charge on any atom is -0.488 e. The summed E-state index contributed by atoms with van der Waals surface area (Å²) in [6.07, 6.45) is 0. The topological polar surface area (TPSA) is 21.3 Å². The van der Waals surface area contributed by atoms with E-state index < -0.39 is 0 Å². The van der Waals surface area contributed by atoms with Crippen molar-refractivity contribution in [2.75, 3.05) is 5.32 Å². The molecule has 0 amide bonds. The van der Waals surface area contributed by atoms with Gasteiger partial charge in [0.2, 0.25) is 0 Å². The average Bonchev–Trinajstić information content (AvgIpc) is 2.62. The van der Waals surface area contributed by atoms with Gasteiger partial charge >= 0.3 is 0 Å². The molecule has 0 aliphatic rings. The monoisotopic (exact) mass is 513 g/mol. The molecule has 2 nitrogen and oxygen atoms in total. The van der Waals surface area contributed by atoms with Gasteiger partial charge in [-0.25, -0.2) is 0 Å². The van der Waals surface area contributed by atoms with Gasteiger partial charge < -0.3 is 10.1 Å². The van der Waals surface area contributed by atoms with Crippen LogP contribution in [0.5, 0.6) is 5.75 Å². The van der Waals surface area contributed by atoms with Crippen molar-refractivity contribution < 1.29 is 4.74 Å². The number of nitrogens with one attached hydrogen (secondary N) is 1. The standard InChI is InChI=1S/C20H15Br2Cl2NO/c21-15-3-6-17(7-4-15)25-11-13-1-8-20(18(22)9-13)26-12-14-2-5-16(23)10-19(14)24/h1-10,25H,11-12H2. The van der Waals surface area contributed by atoms with Crippen LogP contribution in [0.25, 0.3) is 0 Å². The highest BCUT2D eigenvalue weighted by Gasteiger charge is 2.06. The zero-order valence-corrected chi connectivity index (χ0v) is 18.3. The Hall–Kier alpha value is -1.20. The van der Waals surface area contributed by atoms with E-state index in [2.05, 4.69) is 37.2 Å². The quantitative estimate of drug-likeness (QED) is 0.363. The Balaban J connectivity index is 1.60. The normalized spacial score (nSPS) is 10.6. The molecular formula is C20H15Br2Cl2NO. The first-order chi connectivity index (χ1) is 12.5. The van der Waals surface area contributed by atoms with Crippen molar-refractivity contribution in [3.05, 3.63) is 90.8 Å². The van der Waals surface area contributed by atoms with Crippen molar-refractivity contribution in [2.24, 2.45) is 0 Å². The van der Waals surface area contributed by atoms with Gasteiger partial charge in [-0.15, -0.1) is 0 Å². The molecule has 6 heteroatoms. The smallest absolute Gasteiger partial charge is 0.134 e. The highest BCUT2D eigenvalue weighted by Crippen LogP contribution is 2.29. The third kappa shape index (κ3) is 5.40. The molecule has 0 heterocycles. The van der Waals surface area contributed by atoms with Crippen molar-refractivity contribution in [3.8, 4) is 5.75 Å². The maximum absolute atomic E-state index is 6.18. The predicted molar refractivity (Wildman–Crippen MR) is 116 cm³/mol. The summed E-state index contributed by atoms with van der Waals surface area (Å²) < 4.78 is 7.84. The van der Waals surface area contributed by atoms with Crippen LogP contribution in [0.2, 0.25) is 10.0 Å². The van der Waals surface area contributed by atoms with E-state index in [0.717, 1.165) is 38.1 Å². The lowest BCUT2D eigenvalue weighted by Crippen LogP contribution is -2.01. The van der Waals surface area contributed by atoms with Gasteiger partial charge in [0, 0.05) is 32.3 Å². The van der Waals surface area contributed by atoms with Crippen molar-refractivity contribution in [1.29, 1.82) is 0 Å². The molecular weight excluding hydrogens is 501 g/mol. The van der Waals surface area contributed by atoms with Crippen LogP contribution in [0.3, 0.4) is 0 Å². The molecule has 0 spiro atoms. The Morgan fingerprint density at radius 3 is 2.35 bits per heavy atom. The summed E-state index contributed by atoms with van der Waals surface area (Å²) in [5.41, 5.74) is 3.11. The Morgan fingerprint density at radius 2 is 1.65 bits per heavy atom. The summed E-state index contributed by atoms with van der Waals surface area (Å²) in [6.45, 7) is 1.11. The largest absolute Gasteiger partial charge is 0.488 e. The van der Waals surface area contributed by atoms with E-state index in [1.54, 1.807) is 12.1 Å². The van der Waals surface area contributed by atoms with E-state index in [9.17, 15) is 0 Å². The number of halogens is 4. The molecule has 0 bridgehead atoms. The fourth-order valence-electron chi connectivity index (χ4n) is 2.34. The average molecular weight is 516 g/mol. The molecule has 0 atom stereocenters. The Morgan fingerprint density at radius 1 is 0.885 bits per heavy atom. The van der Waals surface area contributed by atoms with E-state index in [0.29, 0.717) is 16.7 Å². The van der Waals surface area contributed by atoms with Gasteiger partial charge in [-0.3, -0.25) is 0 Å². The van der Waals surface area contributed by atoms with Crippen molar-refractivity contribution in [3.63, 3.8) is 0 Å². The van der Waals surface area contributed by atoms with Crippen LogP contribution in [-0.2, 0) is 13.2 Å². The summed E-state index contributed by atoms with van der Waals surface area (Å²) in [4.78, 5) is 0. The summed E-state index contributed by atoms with van der Waals surface area (Å²) in [6, 6.07) is 19.5. The van der Waals surface area contributed by atoms with Crippen LogP contribution < -0.4 is 10.1 Å². The molecule has 1 N–H and O–H groups in total. The number of benzene rings is 3. The molecule has 0 saturated carbocycles. The molecule has 134 valence electrons. The van der Waals surface area contributed by atoms with E-state index in [-0.39, 0.29) is 0 Å². The number of rotatable bonds is 6. The van der Waals surface area contributed by atoms with Crippen LogP contribution in [0, 0.1) is 0 Å². The van der Waals surface area contributed by atoms with Gasteiger partial charge in [-0.05, 0) is 70.0 Å². The van der Waals surface area contributed by atoms with Crippen LogP contribution in [0.4, 0.5) is 5.69 Å². The molecule has 3 aromatic carbocycles. The maximum Gasteiger partial charge on any atom is 0.134 e. The second-order valence-electron chi connectivity index (χ2n) is 5.65. The predicted octanol–water partition coefficient (Wildman–Crippen LogP) is 7.71. The number of hydrogen-bond acceptors (Lipinski definition) is 2. The number of hydrogen-bond donors (Lipinski definition) is 1. The lowest BCUT2D eigenvalue weighted by molar-refractivity contribution is 0.304. The van der Waals surface area contributed by atoms with Gasteiger partial charge in [0.15, 0.2) is 0 Å². The Bertz CT molecular complexity index is 901. The number of ether oxygens (including phenoxy) is 1. The van der Waals surface area contributed by atoms with Gasteiger partial charge in [-0.1, -0.05) is 51.3 Å².